The highest BCUT2D eigenvalue weighted by molar-refractivity contribution is 7.92. The summed E-state index contributed by atoms with van der Waals surface area (Å²) in [7, 11) is -2.06. The van der Waals surface area contributed by atoms with E-state index in [1.807, 2.05) is 19.1 Å². The van der Waals surface area contributed by atoms with Crippen LogP contribution in [-0.4, -0.2) is 18.2 Å². The van der Waals surface area contributed by atoms with Crippen molar-refractivity contribution < 1.29 is 8.42 Å². The second-order valence-electron chi connectivity index (χ2n) is 5.86. The Labute approximate surface area is 152 Å². The van der Waals surface area contributed by atoms with Crippen LogP contribution in [0.1, 0.15) is 12.5 Å². The Bertz CT molecular complexity index is 1070. The van der Waals surface area contributed by atoms with Gasteiger partial charge in [-0.1, -0.05) is 31.2 Å². The molecule has 0 aliphatic heterocycles. The van der Waals surface area contributed by atoms with E-state index in [4.69, 9.17) is 0 Å². The highest BCUT2D eigenvalue weighted by atomic mass is 32.2. The van der Waals surface area contributed by atoms with Crippen LogP contribution in [0.25, 0.3) is 11.3 Å². The van der Waals surface area contributed by atoms with Gasteiger partial charge in [-0.25, -0.2) is 13.1 Å². The second-order valence-corrected chi connectivity index (χ2v) is 7.54. The molecular weight excluding hydrogens is 350 g/mol. The van der Waals surface area contributed by atoms with Crippen LogP contribution in [0, 0.1) is 0 Å². The van der Waals surface area contributed by atoms with Gasteiger partial charge in [-0.3, -0.25) is 9.52 Å². The monoisotopic (exact) mass is 369 g/mol. The van der Waals surface area contributed by atoms with Crippen LogP contribution in [0.5, 0.6) is 0 Å². The van der Waals surface area contributed by atoms with Crippen LogP contribution in [0.3, 0.4) is 0 Å². The lowest BCUT2D eigenvalue weighted by Crippen LogP contribution is -2.18. The van der Waals surface area contributed by atoms with E-state index in [0.717, 1.165) is 17.5 Å². The molecule has 3 rings (SSSR count). The fraction of sp³-hybridized carbons (Fsp3) is 0.158. The number of nitrogens with one attached hydrogen (secondary N) is 1. The SMILES string of the molecule is CCc1ccc(S(=O)(=O)Nc2ccc(-c3ccc(=O)n(C)n3)cc2)cc1. The van der Waals surface area contributed by atoms with Crippen molar-refractivity contribution in [3.63, 3.8) is 0 Å². The number of benzene rings is 2. The van der Waals surface area contributed by atoms with Gasteiger partial charge in [-0.05, 0) is 42.3 Å². The van der Waals surface area contributed by atoms with Crippen molar-refractivity contribution in [3.05, 3.63) is 76.6 Å². The van der Waals surface area contributed by atoms with E-state index < -0.39 is 10.0 Å². The molecule has 1 aromatic heterocycles. The molecule has 0 atom stereocenters. The van der Waals surface area contributed by atoms with Crippen molar-refractivity contribution in [1.29, 1.82) is 0 Å². The van der Waals surface area contributed by atoms with Crippen LogP contribution in [-0.2, 0) is 23.5 Å². The Morgan fingerprint density at radius 2 is 1.62 bits per heavy atom. The number of aryl methyl sites for hydroxylation is 2. The third kappa shape index (κ3) is 3.83. The molecule has 6 nitrogen and oxygen atoms in total. The van der Waals surface area contributed by atoms with Gasteiger partial charge in [0.2, 0.25) is 0 Å². The first-order chi connectivity index (χ1) is 12.4. The summed E-state index contributed by atoms with van der Waals surface area (Å²) >= 11 is 0. The average molecular weight is 369 g/mol. The molecule has 134 valence electrons. The highest BCUT2D eigenvalue weighted by Gasteiger charge is 2.14. The maximum absolute atomic E-state index is 12.5. The largest absolute Gasteiger partial charge is 0.280 e. The minimum absolute atomic E-state index is 0.188. The lowest BCUT2D eigenvalue weighted by Gasteiger charge is -2.09. The van der Waals surface area contributed by atoms with Crippen LogP contribution < -0.4 is 10.3 Å². The van der Waals surface area contributed by atoms with Crippen molar-refractivity contribution in [1.82, 2.24) is 9.78 Å². The number of rotatable bonds is 5. The molecule has 0 spiro atoms. The van der Waals surface area contributed by atoms with Crippen LogP contribution >= 0.6 is 0 Å². The maximum Gasteiger partial charge on any atom is 0.266 e. The van der Waals surface area contributed by atoms with E-state index in [2.05, 4.69) is 9.82 Å². The predicted molar refractivity (Wildman–Crippen MR) is 102 cm³/mol. The van der Waals surface area contributed by atoms with Gasteiger partial charge >= 0.3 is 0 Å². The number of hydrogen-bond acceptors (Lipinski definition) is 4. The molecular formula is C19H19N3O3S. The van der Waals surface area contributed by atoms with Crippen molar-refractivity contribution in [2.75, 3.05) is 4.72 Å². The molecule has 0 aliphatic carbocycles. The molecule has 0 unspecified atom stereocenters. The predicted octanol–water partition coefficient (Wildman–Crippen LogP) is 2.81. The third-order valence-corrected chi connectivity index (χ3v) is 5.43. The standard InChI is InChI=1S/C19H19N3O3S/c1-3-14-4-10-17(11-5-14)26(24,25)21-16-8-6-15(7-9-16)18-12-13-19(23)22(2)20-18/h4-13,21H,3H2,1-2H3. The second kappa shape index (κ2) is 7.13. The zero-order chi connectivity index (χ0) is 18.7. The highest BCUT2D eigenvalue weighted by Crippen LogP contribution is 2.21. The number of sulfonamides is 1. The van der Waals surface area contributed by atoms with E-state index in [0.29, 0.717) is 11.4 Å². The summed E-state index contributed by atoms with van der Waals surface area (Å²) in [6.45, 7) is 2.02. The van der Waals surface area contributed by atoms with Crippen LogP contribution in [0.4, 0.5) is 5.69 Å². The molecule has 0 fully saturated rings. The molecule has 0 radical (unpaired) electrons. The topological polar surface area (TPSA) is 81.1 Å². The van der Waals surface area contributed by atoms with Gasteiger partial charge in [-0.15, -0.1) is 0 Å². The number of aromatic nitrogens is 2. The first kappa shape index (κ1) is 17.9. The zero-order valence-electron chi connectivity index (χ0n) is 14.5. The van der Waals surface area contributed by atoms with Crippen LogP contribution in [0.15, 0.2) is 70.4 Å². The Hall–Kier alpha value is -2.93. The Balaban J connectivity index is 1.81. The first-order valence-corrected chi connectivity index (χ1v) is 9.64. The van der Waals surface area contributed by atoms with Crippen molar-refractivity contribution in [2.45, 2.75) is 18.2 Å². The summed E-state index contributed by atoms with van der Waals surface area (Å²) in [5.41, 5.74) is 2.77. The molecule has 0 amide bonds. The summed E-state index contributed by atoms with van der Waals surface area (Å²) in [5, 5.41) is 4.18. The third-order valence-electron chi connectivity index (χ3n) is 4.04. The van der Waals surface area contributed by atoms with Gasteiger partial charge in [0, 0.05) is 24.4 Å². The Kier molecular flexibility index (Phi) is 4.90. The molecule has 0 aliphatic rings. The lowest BCUT2D eigenvalue weighted by atomic mass is 10.1. The van der Waals surface area contributed by atoms with Gasteiger partial charge in [0.15, 0.2) is 0 Å². The van der Waals surface area contributed by atoms with Gasteiger partial charge < -0.3 is 0 Å². The smallest absolute Gasteiger partial charge is 0.266 e. The minimum atomic E-state index is -3.64. The van der Waals surface area contributed by atoms with Gasteiger partial charge in [0.25, 0.3) is 15.6 Å². The fourth-order valence-corrected chi connectivity index (χ4v) is 3.54. The first-order valence-electron chi connectivity index (χ1n) is 8.15. The van der Waals surface area contributed by atoms with E-state index in [-0.39, 0.29) is 10.5 Å². The summed E-state index contributed by atoms with van der Waals surface area (Å²) < 4.78 is 28.8. The molecule has 0 saturated carbocycles. The molecule has 7 heteroatoms. The molecule has 1 N–H and O–H groups in total. The molecule has 2 aromatic carbocycles. The van der Waals surface area contributed by atoms with Crippen molar-refractivity contribution >= 4 is 15.7 Å². The number of anilines is 1. The normalized spacial score (nSPS) is 11.3. The van der Waals surface area contributed by atoms with E-state index in [9.17, 15) is 13.2 Å². The maximum atomic E-state index is 12.5. The molecule has 1 heterocycles. The molecule has 0 saturated heterocycles. The van der Waals surface area contributed by atoms with Crippen molar-refractivity contribution in [3.8, 4) is 11.3 Å². The van der Waals surface area contributed by atoms with Crippen molar-refractivity contribution in [2.24, 2.45) is 7.05 Å². The quantitative estimate of drug-likeness (QED) is 0.750. The zero-order valence-corrected chi connectivity index (χ0v) is 15.3. The average Bonchev–Trinajstić information content (AvgIpc) is 2.64. The fourth-order valence-electron chi connectivity index (χ4n) is 2.48. The van der Waals surface area contributed by atoms with Gasteiger partial charge in [0.05, 0.1) is 10.6 Å². The number of nitrogens with zero attached hydrogens (tertiary/aromatic N) is 2. The lowest BCUT2D eigenvalue weighted by molar-refractivity contribution is 0.601. The van der Waals surface area contributed by atoms with E-state index in [1.165, 1.54) is 10.7 Å². The van der Waals surface area contributed by atoms with E-state index in [1.54, 1.807) is 49.5 Å². The summed E-state index contributed by atoms with van der Waals surface area (Å²) in [4.78, 5) is 11.6. The summed E-state index contributed by atoms with van der Waals surface area (Å²) in [5.74, 6) is 0. The Morgan fingerprint density at radius 1 is 0.962 bits per heavy atom. The van der Waals surface area contributed by atoms with Gasteiger partial charge in [0.1, 0.15) is 0 Å². The molecule has 3 aromatic rings. The summed E-state index contributed by atoms with van der Waals surface area (Å²) in [6.07, 6.45) is 0.855. The minimum Gasteiger partial charge on any atom is -0.280 e. The van der Waals surface area contributed by atoms with Crippen LogP contribution in [0.2, 0.25) is 0 Å². The Morgan fingerprint density at radius 3 is 2.19 bits per heavy atom. The number of hydrogen-bond donors (Lipinski definition) is 1. The summed E-state index contributed by atoms with van der Waals surface area (Å²) in [6, 6.07) is 16.7. The van der Waals surface area contributed by atoms with E-state index >= 15 is 0 Å². The molecule has 0 bridgehead atoms. The molecule has 26 heavy (non-hydrogen) atoms. The van der Waals surface area contributed by atoms with Gasteiger partial charge in [-0.2, -0.15) is 5.10 Å².